The fourth-order valence-corrected chi connectivity index (χ4v) is 5.20. The number of hydrogen-bond acceptors (Lipinski definition) is 6. The van der Waals surface area contributed by atoms with Crippen LogP contribution in [-0.4, -0.2) is 30.8 Å². The lowest BCUT2D eigenvalue weighted by atomic mass is 10.1. The van der Waals surface area contributed by atoms with E-state index in [1.807, 2.05) is 17.5 Å². The van der Waals surface area contributed by atoms with E-state index in [4.69, 9.17) is 4.42 Å². The Balaban J connectivity index is 1.59. The average Bonchev–Trinajstić information content (AvgIpc) is 3.47. The lowest BCUT2D eigenvalue weighted by Gasteiger charge is -2.20. The molecule has 3 heterocycles. The van der Waals surface area contributed by atoms with Gasteiger partial charge in [-0.05, 0) is 35.7 Å². The molecule has 4 rings (SSSR count). The van der Waals surface area contributed by atoms with E-state index in [1.54, 1.807) is 12.1 Å². The number of furan rings is 1. The summed E-state index contributed by atoms with van der Waals surface area (Å²) in [6.07, 6.45) is 1.86. The van der Waals surface area contributed by atoms with Gasteiger partial charge < -0.3 is 4.42 Å². The fourth-order valence-electron chi connectivity index (χ4n) is 3.30. The van der Waals surface area contributed by atoms with Gasteiger partial charge >= 0.3 is 0 Å². The van der Waals surface area contributed by atoms with Gasteiger partial charge in [-0.25, -0.2) is 22.2 Å². The third-order valence-corrected chi connectivity index (χ3v) is 7.41. The molecule has 31 heavy (non-hydrogen) atoms. The molecule has 1 unspecified atom stereocenters. The second kappa shape index (κ2) is 8.01. The first-order chi connectivity index (χ1) is 14.6. The number of alkyl halides is 2. The van der Waals surface area contributed by atoms with Crippen LogP contribution in [0, 0.1) is 0 Å². The maximum absolute atomic E-state index is 13.4. The van der Waals surface area contributed by atoms with Crippen molar-refractivity contribution in [1.29, 1.82) is 0 Å². The molecule has 0 fully saturated rings. The zero-order chi connectivity index (χ0) is 22.2. The van der Waals surface area contributed by atoms with Crippen molar-refractivity contribution < 1.29 is 26.4 Å². The molecule has 0 aliphatic carbocycles. The number of sulfone groups is 1. The average molecular weight is 465 g/mol. The van der Waals surface area contributed by atoms with Crippen molar-refractivity contribution in [1.82, 2.24) is 5.01 Å². The minimum absolute atomic E-state index is 0.204. The minimum Gasteiger partial charge on any atom is -0.467 e. The minimum atomic E-state index is -4.06. The molecule has 0 N–H and O–H groups in total. The monoisotopic (exact) mass is 464 g/mol. The Labute approximate surface area is 181 Å². The van der Waals surface area contributed by atoms with Crippen molar-refractivity contribution in [3.8, 4) is 0 Å². The number of carbonyl (C=O) groups excluding carboxylic acids is 1. The van der Waals surface area contributed by atoms with Gasteiger partial charge in [0, 0.05) is 18.9 Å². The normalized spacial score (nSPS) is 17.1. The van der Waals surface area contributed by atoms with Crippen LogP contribution in [0.4, 0.5) is 8.78 Å². The van der Waals surface area contributed by atoms with E-state index in [1.165, 1.54) is 17.6 Å². The molecule has 0 radical (unpaired) electrons. The molecule has 1 aromatic carbocycles. The standard InChI is InChI=1S/C21H18F2N2O4S2/c1-21(22,23)14-6-8-15(9-7-14)31(27,28)13-20(26)25-17(18-4-2-10-29-18)12-16(24-25)19-5-3-11-30-19/h2-11,17H,12-13H2,1H3. The van der Waals surface area contributed by atoms with Crippen LogP contribution in [0.3, 0.4) is 0 Å². The molecule has 162 valence electrons. The van der Waals surface area contributed by atoms with Gasteiger partial charge in [-0.2, -0.15) is 5.10 Å². The van der Waals surface area contributed by atoms with Gasteiger partial charge in [0.15, 0.2) is 9.84 Å². The summed E-state index contributed by atoms with van der Waals surface area (Å²) in [5.41, 5.74) is 0.358. The molecule has 6 nitrogen and oxygen atoms in total. The summed E-state index contributed by atoms with van der Waals surface area (Å²) in [6, 6.07) is 10.8. The third-order valence-electron chi connectivity index (χ3n) is 4.88. The van der Waals surface area contributed by atoms with E-state index in [-0.39, 0.29) is 10.5 Å². The summed E-state index contributed by atoms with van der Waals surface area (Å²) in [6.45, 7) is 0.728. The first-order valence-corrected chi connectivity index (χ1v) is 11.9. The highest BCUT2D eigenvalue weighted by atomic mass is 32.2. The van der Waals surface area contributed by atoms with Crippen LogP contribution < -0.4 is 0 Å². The van der Waals surface area contributed by atoms with E-state index in [9.17, 15) is 22.0 Å². The summed E-state index contributed by atoms with van der Waals surface area (Å²) >= 11 is 1.47. The summed E-state index contributed by atoms with van der Waals surface area (Å²) in [7, 11) is -4.06. The van der Waals surface area contributed by atoms with Crippen molar-refractivity contribution in [2.75, 3.05) is 5.75 Å². The first kappa shape index (κ1) is 21.4. The molecule has 3 aromatic rings. The van der Waals surface area contributed by atoms with Crippen molar-refractivity contribution >= 4 is 32.8 Å². The lowest BCUT2D eigenvalue weighted by Crippen LogP contribution is -2.32. The molecule has 10 heteroatoms. The zero-order valence-corrected chi connectivity index (χ0v) is 18.0. The number of hydrazone groups is 1. The number of thiophene rings is 1. The van der Waals surface area contributed by atoms with E-state index in [0.29, 0.717) is 17.9 Å². The van der Waals surface area contributed by atoms with Crippen LogP contribution >= 0.6 is 11.3 Å². The third kappa shape index (κ3) is 4.45. The predicted molar refractivity (Wildman–Crippen MR) is 112 cm³/mol. The molecule has 1 aliphatic rings. The van der Waals surface area contributed by atoms with Crippen LogP contribution in [0.2, 0.25) is 0 Å². The SMILES string of the molecule is CC(F)(F)c1ccc(S(=O)(=O)CC(=O)N2N=C(c3cccs3)CC2c2ccco2)cc1. The van der Waals surface area contributed by atoms with Gasteiger partial charge in [0.1, 0.15) is 17.6 Å². The quantitative estimate of drug-likeness (QED) is 0.534. The highest BCUT2D eigenvalue weighted by Gasteiger charge is 2.37. The molecule has 1 amide bonds. The maximum Gasteiger partial charge on any atom is 0.270 e. The van der Waals surface area contributed by atoms with E-state index >= 15 is 0 Å². The lowest BCUT2D eigenvalue weighted by molar-refractivity contribution is -0.130. The number of hydrogen-bond donors (Lipinski definition) is 0. The van der Waals surface area contributed by atoms with Crippen LogP contribution in [0.25, 0.3) is 0 Å². The Bertz CT molecular complexity index is 1200. The second-order valence-corrected chi connectivity index (χ2v) is 10.1. The first-order valence-electron chi connectivity index (χ1n) is 9.33. The van der Waals surface area contributed by atoms with Crippen molar-refractivity contribution in [3.05, 3.63) is 76.4 Å². The van der Waals surface area contributed by atoms with Crippen LogP contribution in [0.1, 0.15) is 35.6 Å². The Morgan fingerprint density at radius 1 is 1.23 bits per heavy atom. The molecule has 0 bridgehead atoms. The topological polar surface area (TPSA) is 80.0 Å². The number of halogens is 2. The van der Waals surface area contributed by atoms with Crippen molar-refractivity contribution in [3.63, 3.8) is 0 Å². The molecular formula is C21H18F2N2O4S2. The van der Waals surface area contributed by atoms with Crippen molar-refractivity contribution in [2.24, 2.45) is 5.10 Å². The molecule has 0 spiro atoms. The number of benzene rings is 1. The summed E-state index contributed by atoms with van der Waals surface area (Å²) in [4.78, 5) is 13.6. The zero-order valence-electron chi connectivity index (χ0n) is 16.4. The predicted octanol–water partition coefficient (Wildman–Crippen LogP) is 4.60. The van der Waals surface area contributed by atoms with Crippen LogP contribution in [0.15, 0.2) is 74.6 Å². The molecule has 1 atom stereocenters. The Hall–Kier alpha value is -2.85. The van der Waals surface area contributed by atoms with Crippen molar-refractivity contribution in [2.45, 2.75) is 30.2 Å². The molecule has 0 saturated carbocycles. The number of carbonyl (C=O) groups is 1. The smallest absolute Gasteiger partial charge is 0.270 e. The van der Waals surface area contributed by atoms with Gasteiger partial charge in [0.05, 0.1) is 21.7 Å². The summed E-state index contributed by atoms with van der Waals surface area (Å²) < 4.78 is 57.7. The Morgan fingerprint density at radius 3 is 2.55 bits per heavy atom. The van der Waals surface area contributed by atoms with E-state index in [0.717, 1.165) is 41.1 Å². The summed E-state index contributed by atoms with van der Waals surface area (Å²) in [5.74, 6) is -4.15. The molecular weight excluding hydrogens is 446 g/mol. The van der Waals surface area contributed by atoms with Gasteiger partial charge in [-0.1, -0.05) is 18.2 Å². The number of rotatable bonds is 6. The highest BCUT2D eigenvalue weighted by molar-refractivity contribution is 7.92. The largest absolute Gasteiger partial charge is 0.467 e. The Kier molecular flexibility index (Phi) is 5.52. The molecule has 1 aliphatic heterocycles. The second-order valence-electron chi connectivity index (χ2n) is 7.17. The van der Waals surface area contributed by atoms with Gasteiger partial charge in [0.2, 0.25) is 0 Å². The summed E-state index contributed by atoms with van der Waals surface area (Å²) in [5, 5.41) is 7.41. The molecule has 2 aromatic heterocycles. The van der Waals surface area contributed by atoms with Gasteiger partial charge in [0.25, 0.3) is 11.8 Å². The van der Waals surface area contributed by atoms with E-state index in [2.05, 4.69) is 5.10 Å². The van der Waals surface area contributed by atoms with Gasteiger partial charge in [-0.3, -0.25) is 4.79 Å². The van der Waals surface area contributed by atoms with Gasteiger partial charge in [-0.15, -0.1) is 11.3 Å². The fraction of sp³-hybridized carbons (Fsp3) is 0.238. The van der Waals surface area contributed by atoms with Crippen LogP contribution in [0.5, 0.6) is 0 Å². The van der Waals surface area contributed by atoms with E-state index < -0.39 is 33.5 Å². The number of amides is 1. The Morgan fingerprint density at radius 2 is 1.97 bits per heavy atom. The highest BCUT2D eigenvalue weighted by Crippen LogP contribution is 2.34. The van der Waals surface area contributed by atoms with Crippen LogP contribution in [-0.2, 0) is 20.6 Å². The maximum atomic E-state index is 13.4. The number of nitrogens with zero attached hydrogens (tertiary/aromatic N) is 2. The molecule has 0 saturated heterocycles.